The highest BCUT2D eigenvalue weighted by Crippen LogP contribution is 2.65. The van der Waals surface area contributed by atoms with Gasteiger partial charge in [0.2, 0.25) is 0 Å². The topological polar surface area (TPSA) is 270 Å². The highest BCUT2D eigenvalue weighted by molar-refractivity contribution is 7.67. The lowest BCUT2D eigenvalue weighted by molar-refractivity contribution is -0.0542. The summed E-state index contributed by atoms with van der Waals surface area (Å²) in [6, 6.07) is 0.930. The molecule has 1 aliphatic heterocycles. The molecule has 0 spiro atoms. The van der Waals surface area contributed by atoms with Crippen LogP contribution in [-0.2, 0) is 31.6 Å². The first-order chi connectivity index (χ1) is 13.1. The fourth-order valence-electron chi connectivity index (χ4n) is 2.21. The molecule has 0 aromatic carbocycles. The molecule has 29 heavy (non-hydrogen) atoms. The summed E-state index contributed by atoms with van der Waals surface area (Å²) in [6.45, 7) is -1.01. The van der Waals surface area contributed by atoms with Crippen LogP contribution >= 0.6 is 23.4 Å². The first kappa shape index (κ1) is 24.2. The Bertz CT molecular complexity index is 1000. The zero-order valence-electron chi connectivity index (χ0n) is 13.9. The predicted octanol–water partition coefficient (Wildman–Crippen LogP) is -2.53. The smallest absolute Gasteiger partial charge is 0.387 e. The Balaban J connectivity index is 2.06. The summed E-state index contributed by atoms with van der Waals surface area (Å²) in [4.78, 5) is 51.9. The molecule has 0 aliphatic carbocycles. The number of nitrogens with one attached hydrogen (secondary N) is 1. The average Bonchev–Trinajstić information content (AvgIpc) is 2.78. The van der Waals surface area contributed by atoms with E-state index in [-0.39, 0.29) is 0 Å². The molecule has 0 amide bonds. The van der Waals surface area contributed by atoms with Crippen LogP contribution in [0.4, 0.5) is 0 Å². The van der Waals surface area contributed by atoms with Crippen molar-refractivity contribution in [2.45, 2.75) is 24.5 Å². The van der Waals surface area contributed by atoms with Crippen LogP contribution in [0.2, 0.25) is 0 Å². The molecule has 1 aromatic rings. The zero-order chi connectivity index (χ0) is 22.2. The van der Waals surface area contributed by atoms with Crippen molar-refractivity contribution in [2.24, 2.45) is 5.50 Å². The highest BCUT2D eigenvalue weighted by Gasteiger charge is 2.46. The van der Waals surface area contributed by atoms with Gasteiger partial charge in [-0.15, -0.1) is 0 Å². The summed E-state index contributed by atoms with van der Waals surface area (Å²) in [5.41, 5.74) is 2.75. The van der Waals surface area contributed by atoms with E-state index in [0.29, 0.717) is 0 Å². The molecule has 1 aromatic heterocycles. The van der Waals surface area contributed by atoms with E-state index < -0.39 is 65.8 Å². The van der Waals surface area contributed by atoms with Crippen molar-refractivity contribution in [2.75, 3.05) is 6.61 Å². The Morgan fingerprint density at radius 2 is 1.72 bits per heavy atom. The van der Waals surface area contributed by atoms with Gasteiger partial charge in [-0.05, 0) is 0 Å². The number of nitrogens with zero attached hydrogens (tertiary/aromatic N) is 1. The minimum absolute atomic E-state index is 0.722. The molecule has 0 radical (unpaired) electrons. The van der Waals surface area contributed by atoms with Gasteiger partial charge >= 0.3 is 29.1 Å². The normalized spacial score (nSPS) is 31.0. The number of ether oxygens (including phenoxy) is 1. The number of phosphoric ester groups is 1. The second-order valence-corrected chi connectivity index (χ2v) is 10.1. The number of hydrogen-bond acceptors (Lipinski definition) is 11. The molecule has 2 heterocycles. The molecule has 8 N–H and O–H groups in total. The molecule has 1 saturated heterocycles. The molecule has 2 rings (SSSR count). The van der Waals surface area contributed by atoms with E-state index >= 15 is 0 Å². The molecule has 3 unspecified atom stereocenters. The van der Waals surface area contributed by atoms with Gasteiger partial charge in [0.25, 0.3) is 5.56 Å². The lowest BCUT2D eigenvalue weighted by Gasteiger charge is -2.19. The lowest BCUT2D eigenvalue weighted by atomic mass is 10.1. The third-order valence-electron chi connectivity index (χ3n) is 3.29. The third-order valence-corrected chi connectivity index (χ3v) is 7.18. The summed E-state index contributed by atoms with van der Waals surface area (Å²) in [5.74, 6) is 0. The van der Waals surface area contributed by atoms with Crippen molar-refractivity contribution in [1.82, 2.24) is 9.55 Å². The van der Waals surface area contributed by atoms with Crippen molar-refractivity contribution in [1.29, 1.82) is 0 Å². The summed E-state index contributed by atoms with van der Waals surface area (Å²) >= 11 is 0. The Hall–Kier alpha value is -1.03. The molecule has 17 nitrogen and oxygen atoms in total. The van der Waals surface area contributed by atoms with Crippen molar-refractivity contribution < 1.29 is 56.5 Å². The fraction of sp³-hybridized carbons (Fsp3) is 0.556. The van der Waals surface area contributed by atoms with E-state index in [1.54, 1.807) is 0 Å². The number of hydrogen-bond donors (Lipinski definition) is 7. The summed E-state index contributed by atoms with van der Waals surface area (Å²) < 4.78 is 51.3. The minimum Gasteiger partial charge on any atom is -0.387 e. The van der Waals surface area contributed by atoms with Gasteiger partial charge < -0.3 is 29.6 Å². The summed E-state index contributed by atoms with van der Waals surface area (Å²) in [6.07, 6.45) is -5.61. The molecular formula is C9H16N3O14P3. The summed E-state index contributed by atoms with van der Waals surface area (Å²) in [7, 11) is -16.1. The Labute approximate surface area is 160 Å². The summed E-state index contributed by atoms with van der Waals surface area (Å²) in [5, 5.41) is 19.9. The molecule has 20 heteroatoms. The van der Waals surface area contributed by atoms with Gasteiger partial charge in [-0.3, -0.25) is 18.9 Å². The number of phosphoric acid groups is 2. The molecular weight excluding hydrogens is 467 g/mol. The van der Waals surface area contributed by atoms with E-state index in [4.69, 9.17) is 14.5 Å². The van der Waals surface area contributed by atoms with E-state index in [9.17, 15) is 38.4 Å². The fourth-order valence-corrected chi connectivity index (χ4v) is 5.35. The monoisotopic (exact) mass is 483 g/mol. The van der Waals surface area contributed by atoms with Crippen molar-refractivity contribution in [3.8, 4) is 0 Å². The average molecular weight is 483 g/mol. The van der Waals surface area contributed by atoms with Gasteiger partial charge in [0.05, 0.1) is 6.61 Å². The second kappa shape index (κ2) is 8.61. The Morgan fingerprint density at radius 1 is 1.10 bits per heavy atom. The largest absolute Gasteiger partial charge is 0.489 e. The van der Waals surface area contributed by atoms with Crippen LogP contribution in [0.25, 0.3) is 0 Å². The Kier molecular flexibility index (Phi) is 7.20. The zero-order valence-corrected chi connectivity index (χ0v) is 16.6. The predicted molar refractivity (Wildman–Crippen MR) is 89.0 cm³/mol. The maximum atomic E-state index is 11.7. The number of rotatable bonds is 8. The number of aliphatic hydroxyl groups is 2. The molecule has 0 bridgehead atoms. The van der Waals surface area contributed by atoms with E-state index in [1.807, 2.05) is 4.98 Å². The molecule has 0 saturated carbocycles. The van der Waals surface area contributed by atoms with Crippen molar-refractivity contribution >= 4 is 23.4 Å². The van der Waals surface area contributed by atoms with Gasteiger partial charge in [-0.1, -0.05) is 0 Å². The van der Waals surface area contributed by atoms with Crippen molar-refractivity contribution in [3.63, 3.8) is 0 Å². The number of aromatic nitrogens is 2. The quantitative estimate of drug-likeness (QED) is 0.188. The Morgan fingerprint density at radius 3 is 2.28 bits per heavy atom. The van der Waals surface area contributed by atoms with Crippen LogP contribution < -0.4 is 16.8 Å². The van der Waals surface area contributed by atoms with Crippen LogP contribution in [0.15, 0.2) is 21.9 Å². The first-order valence-corrected chi connectivity index (χ1v) is 11.9. The van der Waals surface area contributed by atoms with Crippen LogP contribution in [-0.4, -0.2) is 59.4 Å². The van der Waals surface area contributed by atoms with Crippen LogP contribution in [0, 0.1) is 0 Å². The molecule has 7 atom stereocenters. The van der Waals surface area contributed by atoms with Crippen LogP contribution in [0.5, 0.6) is 0 Å². The molecule has 1 aliphatic rings. The van der Waals surface area contributed by atoms with Gasteiger partial charge in [-0.25, -0.2) is 24.0 Å². The maximum Gasteiger partial charge on any atom is 0.489 e. The van der Waals surface area contributed by atoms with Gasteiger partial charge in [0.1, 0.15) is 18.3 Å². The van der Waals surface area contributed by atoms with E-state index in [2.05, 4.69) is 18.6 Å². The molecule has 1 fully saturated rings. The maximum absolute atomic E-state index is 11.7. The lowest BCUT2D eigenvalue weighted by Crippen LogP contribution is -2.37. The number of nitrogens with two attached hydrogens (primary N) is 1. The van der Waals surface area contributed by atoms with E-state index in [0.717, 1.165) is 16.8 Å². The number of aromatic amines is 1. The van der Waals surface area contributed by atoms with E-state index in [1.165, 1.54) is 0 Å². The second-order valence-electron chi connectivity index (χ2n) is 5.52. The first-order valence-electron chi connectivity index (χ1n) is 7.27. The molecule has 166 valence electrons. The number of H-pyrrole nitrogens is 1. The van der Waals surface area contributed by atoms with Crippen LogP contribution in [0.3, 0.4) is 0 Å². The SMILES string of the molecule is NP(=O)(O)OP(=O)(O)OP(=O)(O)OC[C@H]1O[C@@H](n2ccc(=O)[nH]c2=O)[C@H](O)[C@@H]1O. The third kappa shape index (κ3) is 6.73. The minimum atomic E-state index is -5.60. The van der Waals surface area contributed by atoms with Gasteiger partial charge in [-0.2, -0.15) is 8.62 Å². The van der Waals surface area contributed by atoms with Crippen molar-refractivity contribution in [3.05, 3.63) is 33.1 Å². The number of aliphatic hydroxyl groups excluding tert-OH is 2. The standard InChI is InChI=1S/C9H16N3O14P3/c10-27(17,18)25-29(21,22)26-28(19,20)23-3-4-6(14)7(15)8(24-4)12-2-1-5(13)11-9(12)16/h1-2,4,6-8,14-15H,3H2,(H,19,20)(H,21,22)(H3,10,17,18)(H,11,13,16)/t4-,6-,7-,8-/m1/s1. The van der Waals surface area contributed by atoms with Gasteiger partial charge in [0, 0.05) is 12.3 Å². The highest BCUT2D eigenvalue weighted by atomic mass is 31.3. The van der Waals surface area contributed by atoms with Gasteiger partial charge in [0.15, 0.2) is 6.23 Å². The van der Waals surface area contributed by atoms with Crippen LogP contribution in [0.1, 0.15) is 6.23 Å².